The molecule has 1 amide bonds. The van der Waals surface area contributed by atoms with Gasteiger partial charge in [-0.15, -0.1) is 0 Å². The Bertz CT molecular complexity index is 658. The van der Waals surface area contributed by atoms with Crippen LogP contribution in [0.3, 0.4) is 0 Å². The third kappa shape index (κ3) is 4.47. The van der Waals surface area contributed by atoms with Crippen LogP contribution < -0.4 is 15.0 Å². The van der Waals surface area contributed by atoms with Crippen molar-refractivity contribution in [1.82, 2.24) is 10.3 Å². The average molecular weight is 329 g/mol. The van der Waals surface area contributed by atoms with Crippen molar-refractivity contribution >= 4 is 12.1 Å². The molecular formula is C19H25N3O2. The van der Waals surface area contributed by atoms with E-state index in [1.807, 2.05) is 57.2 Å². The third-order valence-electron chi connectivity index (χ3n) is 3.83. The predicted molar refractivity (Wildman–Crippen MR) is 96.3 cm³/mol. The molecule has 1 fully saturated rings. The normalized spacial score (nSPS) is 15.3. The first-order valence-corrected chi connectivity index (χ1v) is 8.30. The number of pyridine rings is 1. The molecule has 1 N–H and O–H groups in total. The van der Waals surface area contributed by atoms with E-state index in [-0.39, 0.29) is 12.1 Å². The van der Waals surface area contributed by atoms with E-state index in [1.54, 1.807) is 12.4 Å². The number of rotatable bonds is 5. The molecule has 24 heavy (non-hydrogen) atoms. The van der Waals surface area contributed by atoms with Gasteiger partial charge in [0.05, 0.1) is 19.1 Å². The topological polar surface area (TPSA) is 54.5 Å². The van der Waals surface area contributed by atoms with Crippen molar-refractivity contribution in [2.45, 2.75) is 32.9 Å². The highest BCUT2D eigenvalue weighted by Gasteiger charge is 2.28. The number of carbonyl (C=O) groups excluding carboxylic acids is 1. The molecule has 0 radical (unpaired) electrons. The fourth-order valence-electron chi connectivity index (χ4n) is 2.48. The molecular weight excluding hydrogens is 302 g/mol. The van der Waals surface area contributed by atoms with E-state index in [1.165, 1.54) is 0 Å². The Morgan fingerprint density at radius 3 is 2.46 bits per heavy atom. The van der Waals surface area contributed by atoms with E-state index in [0.29, 0.717) is 0 Å². The zero-order valence-electron chi connectivity index (χ0n) is 15.4. The Labute approximate surface area is 145 Å². The summed E-state index contributed by atoms with van der Waals surface area (Å²) in [6.45, 7) is 7.56. The van der Waals surface area contributed by atoms with Gasteiger partial charge in [-0.2, -0.15) is 0 Å². The van der Waals surface area contributed by atoms with Gasteiger partial charge in [0.15, 0.2) is 0 Å². The van der Waals surface area contributed by atoms with Gasteiger partial charge in [0.25, 0.3) is 0 Å². The Hall–Kier alpha value is -2.56. The van der Waals surface area contributed by atoms with Crippen LogP contribution in [0, 0.1) is 0 Å². The zero-order chi connectivity index (χ0) is 18.2. The van der Waals surface area contributed by atoms with Crippen molar-refractivity contribution < 1.29 is 10.9 Å². The molecule has 5 heteroatoms. The van der Waals surface area contributed by atoms with Crippen LogP contribution in [-0.2, 0) is 4.79 Å². The van der Waals surface area contributed by atoms with Crippen LogP contribution in [0.25, 0.3) is 0 Å². The molecule has 3 rings (SSSR count). The fourth-order valence-corrected chi connectivity index (χ4v) is 2.48. The van der Waals surface area contributed by atoms with E-state index in [9.17, 15) is 4.79 Å². The number of anilines is 1. The van der Waals surface area contributed by atoms with Crippen LogP contribution in [0.5, 0.6) is 5.75 Å². The minimum atomic E-state index is -0.775. The van der Waals surface area contributed by atoms with E-state index >= 15 is 0 Å². The lowest BCUT2D eigenvalue weighted by Gasteiger charge is -2.40. The van der Waals surface area contributed by atoms with Gasteiger partial charge in [-0.3, -0.25) is 9.78 Å². The van der Waals surface area contributed by atoms with Gasteiger partial charge in [-0.25, -0.2) is 0 Å². The number of nitrogens with zero attached hydrogens (tertiary/aromatic N) is 2. The van der Waals surface area contributed by atoms with Crippen molar-refractivity contribution in [2.24, 2.45) is 0 Å². The minimum absolute atomic E-state index is 0.180. The van der Waals surface area contributed by atoms with E-state index < -0.39 is 6.39 Å². The summed E-state index contributed by atoms with van der Waals surface area (Å²) in [4.78, 5) is 17.0. The Morgan fingerprint density at radius 1 is 1.25 bits per heavy atom. The molecule has 1 saturated heterocycles. The summed E-state index contributed by atoms with van der Waals surface area (Å²) in [5.41, 5.74) is 2.11. The van der Waals surface area contributed by atoms with Crippen molar-refractivity contribution in [1.29, 1.82) is 0 Å². The largest absolute Gasteiger partial charge is 0.487 e. The second-order valence-electron chi connectivity index (χ2n) is 5.39. The number of amides is 1. The SMILES string of the molecule is CC.[3H]C(=O)NC(C)c1ccc(OC2CN(c3ccncc3)C2)cc1. The van der Waals surface area contributed by atoms with Crippen molar-refractivity contribution in [3.05, 3.63) is 54.4 Å². The zero-order valence-corrected chi connectivity index (χ0v) is 14.4. The molecule has 0 saturated carbocycles. The highest BCUT2D eigenvalue weighted by molar-refractivity contribution is 5.48. The van der Waals surface area contributed by atoms with Gasteiger partial charge in [-0.1, -0.05) is 26.0 Å². The standard InChI is InChI=1S/C17H19N3O2.C2H6/c1-13(19-12-21)14-2-4-16(5-3-14)22-17-10-20(11-17)15-6-8-18-9-7-15;1-2/h2-9,12-13,17H,10-11H2,1H3,(H,19,21);1-2H3/i12T;. The number of nitrogens with one attached hydrogen (secondary N) is 1. The van der Waals surface area contributed by atoms with Gasteiger partial charge in [0.2, 0.25) is 6.39 Å². The van der Waals surface area contributed by atoms with Crippen LogP contribution in [0.1, 0.15) is 33.7 Å². The molecule has 2 aromatic rings. The second-order valence-corrected chi connectivity index (χ2v) is 5.39. The van der Waals surface area contributed by atoms with Gasteiger partial charge in [0.1, 0.15) is 13.2 Å². The van der Waals surface area contributed by atoms with E-state index in [4.69, 9.17) is 6.11 Å². The lowest BCUT2D eigenvalue weighted by Crippen LogP contribution is -2.54. The van der Waals surface area contributed by atoms with Gasteiger partial charge >= 0.3 is 0 Å². The third-order valence-corrected chi connectivity index (χ3v) is 3.83. The number of benzene rings is 1. The molecule has 2 heterocycles. The van der Waals surface area contributed by atoms with Crippen molar-refractivity contribution in [3.8, 4) is 5.75 Å². The lowest BCUT2D eigenvalue weighted by atomic mass is 10.1. The smallest absolute Gasteiger partial charge is 0.207 e. The van der Waals surface area contributed by atoms with Crippen LogP contribution >= 0.6 is 0 Å². The summed E-state index contributed by atoms with van der Waals surface area (Å²) in [5.74, 6) is 0.817. The number of hydrogen-bond acceptors (Lipinski definition) is 4. The van der Waals surface area contributed by atoms with Gasteiger partial charge < -0.3 is 15.0 Å². The molecule has 1 aromatic carbocycles. The molecule has 5 nitrogen and oxygen atoms in total. The highest BCUT2D eigenvalue weighted by Crippen LogP contribution is 2.24. The summed E-state index contributed by atoms with van der Waals surface area (Å²) in [6.07, 6.45) is 2.99. The number of ether oxygens (including phenoxy) is 1. The van der Waals surface area contributed by atoms with Crippen LogP contribution in [0.2, 0.25) is 0 Å². The van der Waals surface area contributed by atoms with E-state index in [0.717, 1.165) is 30.1 Å². The monoisotopic (exact) mass is 329 g/mol. The summed E-state index contributed by atoms with van der Waals surface area (Å²) in [7, 11) is 0. The Balaban J connectivity index is 0.00000109. The quantitative estimate of drug-likeness (QED) is 0.856. The minimum Gasteiger partial charge on any atom is -0.487 e. The molecule has 0 bridgehead atoms. The first-order valence-electron chi connectivity index (χ1n) is 8.80. The molecule has 1 atom stereocenters. The van der Waals surface area contributed by atoms with Gasteiger partial charge in [-0.05, 0) is 36.8 Å². The summed E-state index contributed by atoms with van der Waals surface area (Å²) < 4.78 is 12.9. The number of aromatic nitrogens is 1. The van der Waals surface area contributed by atoms with Crippen LogP contribution in [0.15, 0.2) is 48.8 Å². The first kappa shape index (κ1) is 16.3. The van der Waals surface area contributed by atoms with Crippen LogP contribution in [0.4, 0.5) is 5.69 Å². The molecule has 1 aliphatic rings. The molecule has 1 unspecified atom stereocenters. The Morgan fingerprint density at radius 2 is 1.88 bits per heavy atom. The number of carbonyl (C=O) groups is 1. The maximum Gasteiger partial charge on any atom is 0.207 e. The molecule has 1 aliphatic heterocycles. The summed E-state index contributed by atoms with van der Waals surface area (Å²) >= 11 is 0. The predicted octanol–water partition coefficient (Wildman–Crippen LogP) is 3.18. The van der Waals surface area contributed by atoms with Crippen molar-refractivity contribution in [2.75, 3.05) is 18.0 Å². The highest BCUT2D eigenvalue weighted by atomic mass is 16.5. The van der Waals surface area contributed by atoms with E-state index in [2.05, 4.69) is 15.2 Å². The summed E-state index contributed by atoms with van der Waals surface area (Å²) in [5, 5.41) is 2.54. The average Bonchev–Trinajstić information content (AvgIpc) is 2.60. The van der Waals surface area contributed by atoms with Crippen LogP contribution in [-0.4, -0.2) is 30.6 Å². The molecule has 1 aromatic heterocycles. The molecule has 0 spiro atoms. The molecule has 128 valence electrons. The number of hydrogen-bond donors (Lipinski definition) is 1. The summed E-state index contributed by atoms with van der Waals surface area (Å²) in [6, 6.07) is 11.4. The second kappa shape index (κ2) is 8.91. The van der Waals surface area contributed by atoms with Crippen molar-refractivity contribution in [3.63, 3.8) is 0 Å². The maximum atomic E-state index is 10.8. The molecule has 0 aliphatic carbocycles. The fraction of sp³-hybridized carbons (Fsp3) is 0.368. The maximum absolute atomic E-state index is 10.8. The lowest BCUT2D eigenvalue weighted by molar-refractivity contribution is -0.110. The first-order chi connectivity index (χ1) is 12.1. The Kier molecular flexibility index (Phi) is 6.05. The van der Waals surface area contributed by atoms with Gasteiger partial charge in [0, 0.05) is 18.1 Å².